The molecule has 0 fully saturated rings. The van der Waals surface area contributed by atoms with Crippen molar-refractivity contribution in [1.29, 1.82) is 0 Å². The molecule has 0 bridgehead atoms. The quantitative estimate of drug-likeness (QED) is 0.589. The predicted octanol–water partition coefficient (Wildman–Crippen LogP) is 2.96. The number of hydrogen-bond acceptors (Lipinski definition) is 4. The first-order valence-corrected chi connectivity index (χ1v) is 5.68. The molecule has 1 aliphatic rings. The summed E-state index contributed by atoms with van der Waals surface area (Å²) in [6, 6.07) is 6.41. The topological polar surface area (TPSA) is 38.9 Å². The van der Waals surface area contributed by atoms with E-state index < -0.39 is 0 Å². The first-order valence-electron chi connectivity index (χ1n) is 4.46. The van der Waals surface area contributed by atoms with Gasteiger partial charge in [0.1, 0.15) is 0 Å². The Morgan fingerprint density at radius 2 is 2.20 bits per heavy atom. The maximum atomic E-state index is 4.22. The number of rotatable bonds is 1. The molecule has 15 heavy (non-hydrogen) atoms. The van der Waals surface area contributed by atoms with Crippen LogP contribution < -0.4 is 0 Å². The summed E-state index contributed by atoms with van der Waals surface area (Å²) >= 11 is 1.81. The minimum absolute atomic E-state index is 1.26. The highest BCUT2D eigenvalue weighted by atomic mass is 32.2. The van der Waals surface area contributed by atoms with E-state index in [9.17, 15) is 0 Å². The van der Waals surface area contributed by atoms with Gasteiger partial charge in [-0.05, 0) is 23.4 Å². The largest absolute Gasteiger partial charge is 0.343 e. The molecule has 0 aliphatic heterocycles. The molecule has 0 unspecified atom stereocenters. The molecule has 1 aromatic carbocycles. The summed E-state index contributed by atoms with van der Waals surface area (Å²) in [5.74, 6) is 0. The van der Waals surface area contributed by atoms with Crippen LogP contribution >= 0.6 is 11.8 Å². The van der Waals surface area contributed by atoms with Gasteiger partial charge in [0.2, 0.25) is 6.39 Å². The Hall–Kier alpha value is -1.55. The lowest BCUT2D eigenvalue weighted by Gasteiger charge is -2.12. The standard InChI is InChI=1S/C9H8S.C2H2N2O/c1-10-9-4-2-3-7-5-6-8(7)9;1-3-2-5-4-1/h2-6H,1H3;1-2H. The summed E-state index contributed by atoms with van der Waals surface area (Å²) in [6.45, 7) is 0. The second kappa shape index (κ2) is 4.79. The van der Waals surface area contributed by atoms with Crippen LogP contribution in [0.15, 0.2) is 40.3 Å². The summed E-state index contributed by atoms with van der Waals surface area (Å²) in [6.07, 6.45) is 9.03. The van der Waals surface area contributed by atoms with Gasteiger partial charge in [-0.15, -0.1) is 11.8 Å². The van der Waals surface area contributed by atoms with E-state index in [2.05, 4.69) is 51.3 Å². The zero-order valence-electron chi connectivity index (χ0n) is 8.25. The van der Waals surface area contributed by atoms with Crippen LogP contribution in [0.5, 0.6) is 0 Å². The van der Waals surface area contributed by atoms with Gasteiger partial charge < -0.3 is 4.52 Å². The van der Waals surface area contributed by atoms with Crippen LogP contribution in [0.4, 0.5) is 0 Å². The van der Waals surface area contributed by atoms with Gasteiger partial charge >= 0.3 is 0 Å². The summed E-state index contributed by atoms with van der Waals surface area (Å²) in [5.41, 5.74) is 2.79. The predicted molar refractivity (Wildman–Crippen MR) is 61.4 cm³/mol. The average molecular weight is 218 g/mol. The molecular formula is C11H10N2OS. The van der Waals surface area contributed by atoms with Gasteiger partial charge in [0.05, 0.1) is 0 Å². The molecule has 0 spiro atoms. The van der Waals surface area contributed by atoms with E-state index in [0.717, 1.165) is 0 Å². The molecule has 1 heterocycles. The van der Waals surface area contributed by atoms with E-state index in [1.807, 2.05) is 11.8 Å². The highest BCUT2D eigenvalue weighted by Gasteiger charge is 2.07. The Labute approximate surface area is 92.2 Å². The van der Waals surface area contributed by atoms with Gasteiger partial charge in [-0.25, -0.2) is 4.98 Å². The third-order valence-electron chi connectivity index (χ3n) is 2.03. The summed E-state index contributed by atoms with van der Waals surface area (Å²) < 4.78 is 4.22. The lowest BCUT2D eigenvalue weighted by Crippen LogP contribution is -1.90. The number of thioether (sulfide) groups is 1. The van der Waals surface area contributed by atoms with Crippen molar-refractivity contribution in [3.05, 3.63) is 42.0 Å². The summed E-state index contributed by atoms with van der Waals surface area (Å²) in [7, 11) is 0. The fourth-order valence-corrected chi connectivity index (χ4v) is 1.90. The second-order valence-corrected chi connectivity index (χ2v) is 3.73. The Kier molecular flexibility index (Phi) is 3.19. The molecule has 2 aromatic rings. The summed E-state index contributed by atoms with van der Waals surface area (Å²) in [4.78, 5) is 4.83. The van der Waals surface area contributed by atoms with E-state index in [1.165, 1.54) is 28.7 Å². The molecule has 1 aromatic heterocycles. The maximum Gasteiger partial charge on any atom is 0.213 e. The molecular weight excluding hydrogens is 208 g/mol. The second-order valence-electron chi connectivity index (χ2n) is 2.88. The Balaban J connectivity index is 0.000000144. The number of nitrogens with zero attached hydrogens (tertiary/aromatic N) is 2. The average Bonchev–Trinajstić information content (AvgIpc) is 2.77. The molecule has 3 rings (SSSR count). The number of fused-ring (bicyclic) bond motifs is 1. The molecule has 0 saturated heterocycles. The molecule has 0 saturated carbocycles. The minimum atomic E-state index is 1.26. The van der Waals surface area contributed by atoms with Crippen LogP contribution in [-0.2, 0) is 0 Å². The molecule has 3 nitrogen and oxygen atoms in total. The van der Waals surface area contributed by atoms with Gasteiger partial charge in [-0.1, -0.05) is 29.4 Å². The lowest BCUT2D eigenvalue weighted by atomic mass is 9.98. The highest BCUT2D eigenvalue weighted by Crippen LogP contribution is 2.31. The smallest absolute Gasteiger partial charge is 0.213 e. The lowest BCUT2D eigenvalue weighted by molar-refractivity contribution is 0.416. The van der Waals surface area contributed by atoms with Gasteiger partial charge in [0.15, 0.2) is 6.33 Å². The van der Waals surface area contributed by atoms with Crippen molar-refractivity contribution >= 4 is 23.9 Å². The Bertz CT molecular complexity index is 434. The first-order chi connectivity index (χ1) is 7.42. The van der Waals surface area contributed by atoms with Crippen molar-refractivity contribution in [3.8, 4) is 0 Å². The van der Waals surface area contributed by atoms with E-state index in [0.29, 0.717) is 0 Å². The molecule has 0 amide bonds. The molecule has 0 atom stereocenters. The Morgan fingerprint density at radius 3 is 2.60 bits per heavy atom. The monoisotopic (exact) mass is 218 g/mol. The third-order valence-corrected chi connectivity index (χ3v) is 2.83. The first kappa shape index (κ1) is 9.98. The van der Waals surface area contributed by atoms with E-state index in [1.54, 1.807) is 0 Å². The molecule has 76 valence electrons. The van der Waals surface area contributed by atoms with Gasteiger partial charge in [0.25, 0.3) is 0 Å². The van der Waals surface area contributed by atoms with Gasteiger partial charge in [-0.2, -0.15) is 0 Å². The molecule has 0 N–H and O–H groups in total. The fourth-order valence-electron chi connectivity index (χ4n) is 1.28. The van der Waals surface area contributed by atoms with Crippen molar-refractivity contribution in [1.82, 2.24) is 10.1 Å². The normalized spacial score (nSPS) is 11.0. The number of hydrogen-bond donors (Lipinski definition) is 0. The molecule has 1 aliphatic carbocycles. The number of aromatic nitrogens is 2. The fraction of sp³-hybridized carbons (Fsp3) is 0.0909. The van der Waals surface area contributed by atoms with E-state index in [-0.39, 0.29) is 0 Å². The molecule has 0 radical (unpaired) electrons. The van der Waals surface area contributed by atoms with Crippen LogP contribution in [0.3, 0.4) is 0 Å². The molecule has 4 heteroatoms. The van der Waals surface area contributed by atoms with Crippen molar-refractivity contribution in [3.63, 3.8) is 0 Å². The summed E-state index contributed by atoms with van der Waals surface area (Å²) in [5, 5.41) is 3.24. The van der Waals surface area contributed by atoms with Crippen molar-refractivity contribution < 1.29 is 4.52 Å². The zero-order valence-corrected chi connectivity index (χ0v) is 9.07. The van der Waals surface area contributed by atoms with E-state index >= 15 is 0 Å². The maximum absolute atomic E-state index is 4.22. The van der Waals surface area contributed by atoms with E-state index in [4.69, 9.17) is 0 Å². The van der Waals surface area contributed by atoms with Crippen LogP contribution in [-0.4, -0.2) is 16.4 Å². The van der Waals surface area contributed by atoms with Gasteiger partial charge in [0, 0.05) is 4.90 Å². The van der Waals surface area contributed by atoms with Crippen LogP contribution in [0, 0.1) is 0 Å². The highest BCUT2D eigenvalue weighted by molar-refractivity contribution is 7.98. The minimum Gasteiger partial charge on any atom is -0.343 e. The van der Waals surface area contributed by atoms with Crippen molar-refractivity contribution in [2.24, 2.45) is 0 Å². The van der Waals surface area contributed by atoms with Crippen LogP contribution in [0.1, 0.15) is 11.1 Å². The third kappa shape index (κ3) is 2.27. The zero-order chi connectivity index (χ0) is 10.5. The number of benzene rings is 1. The Morgan fingerprint density at radius 1 is 1.27 bits per heavy atom. The van der Waals surface area contributed by atoms with Crippen molar-refractivity contribution in [2.45, 2.75) is 4.90 Å². The van der Waals surface area contributed by atoms with Crippen LogP contribution in [0.2, 0.25) is 0 Å². The van der Waals surface area contributed by atoms with Gasteiger partial charge in [-0.3, -0.25) is 0 Å². The SMILES string of the molecule is CSc1cccc2c1C=C2.c1ncon1. The van der Waals surface area contributed by atoms with Crippen molar-refractivity contribution in [2.75, 3.05) is 6.26 Å². The van der Waals surface area contributed by atoms with Crippen LogP contribution in [0.25, 0.3) is 12.2 Å².